The lowest BCUT2D eigenvalue weighted by atomic mass is 10.3. The number of halogens is 3. The molecule has 0 saturated heterocycles. The molecule has 0 spiro atoms. The molecule has 1 aliphatic carbocycles. The van der Waals surface area contributed by atoms with Crippen LogP contribution in [0.2, 0.25) is 0 Å². The van der Waals surface area contributed by atoms with Crippen LogP contribution in [0.25, 0.3) is 6.08 Å². The Hall–Kier alpha value is -2.54. The van der Waals surface area contributed by atoms with Crippen LogP contribution >= 0.6 is 11.8 Å². The SMILES string of the molecule is Cc1nn(C)c(Sc2ccc(C(F)(F)F)cn2)c1/C=C/S(=O)(=O)NC(=O)NCC1CC1. The molecule has 0 unspecified atom stereocenters. The molecule has 31 heavy (non-hydrogen) atoms. The van der Waals surface area contributed by atoms with E-state index >= 15 is 0 Å². The maximum absolute atomic E-state index is 12.7. The molecule has 0 radical (unpaired) electrons. The van der Waals surface area contributed by atoms with Crippen LogP contribution in [-0.2, 0) is 23.2 Å². The van der Waals surface area contributed by atoms with Gasteiger partial charge in [-0.1, -0.05) is 0 Å². The lowest BCUT2D eigenvalue weighted by Gasteiger charge is -2.07. The summed E-state index contributed by atoms with van der Waals surface area (Å²) in [6.07, 6.45) is -0.441. The van der Waals surface area contributed by atoms with Crippen molar-refractivity contribution in [2.75, 3.05) is 6.54 Å². The molecule has 0 aliphatic heterocycles. The highest BCUT2D eigenvalue weighted by Crippen LogP contribution is 2.34. The molecule has 13 heteroatoms. The first-order valence-electron chi connectivity index (χ1n) is 9.18. The molecule has 1 aliphatic rings. The number of hydrogen-bond donors (Lipinski definition) is 2. The van der Waals surface area contributed by atoms with Crippen LogP contribution < -0.4 is 10.0 Å². The summed E-state index contributed by atoms with van der Waals surface area (Å²) in [5, 5.41) is 8.33. The Labute approximate surface area is 181 Å². The van der Waals surface area contributed by atoms with Gasteiger partial charge < -0.3 is 5.32 Å². The van der Waals surface area contributed by atoms with Gasteiger partial charge >= 0.3 is 12.2 Å². The molecule has 2 heterocycles. The first-order valence-corrected chi connectivity index (χ1v) is 11.5. The predicted molar refractivity (Wildman–Crippen MR) is 109 cm³/mol. The van der Waals surface area contributed by atoms with Crippen molar-refractivity contribution < 1.29 is 26.4 Å². The first-order chi connectivity index (χ1) is 14.4. The van der Waals surface area contributed by atoms with Crippen LogP contribution in [0.15, 0.2) is 33.8 Å². The lowest BCUT2D eigenvalue weighted by molar-refractivity contribution is -0.137. The molecule has 1 fully saturated rings. The molecule has 2 aromatic heterocycles. The third-order valence-electron chi connectivity index (χ3n) is 4.38. The third kappa shape index (κ3) is 6.47. The smallest absolute Gasteiger partial charge is 0.337 e. The van der Waals surface area contributed by atoms with Crippen molar-refractivity contribution in [2.24, 2.45) is 13.0 Å². The molecule has 2 amide bonds. The highest BCUT2D eigenvalue weighted by molar-refractivity contribution is 7.99. The minimum atomic E-state index is -4.49. The normalized spacial score (nSPS) is 14.7. The van der Waals surface area contributed by atoms with E-state index in [-0.39, 0.29) is 5.03 Å². The van der Waals surface area contributed by atoms with Gasteiger partial charge in [-0.2, -0.15) is 18.3 Å². The molecular weight excluding hydrogens is 455 g/mol. The van der Waals surface area contributed by atoms with Crippen LogP contribution in [0.5, 0.6) is 0 Å². The lowest BCUT2D eigenvalue weighted by Crippen LogP contribution is -2.39. The third-order valence-corrected chi connectivity index (χ3v) is 6.47. The van der Waals surface area contributed by atoms with Gasteiger partial charge in [0.05, 0.1) is 16.7 Å². The van der Waals surface area contributed by atoms with Gasteiger partial charge in [0, 0.05) is 25.4 Å². The monoisotopic (exact) mass is 475 g/mol. The van der Waals surface area contributed by atoms with Crippen molar-refractivity contribution in [1.29, 1.82) is 0 Å². The van der Waals surface area contributed by atoms with Crippen LogP contribution in [0, 0.1) is 12.8 Å². The van der Waals surface area contributed by atoms with E-state index in [1.54, 1.807) is 14.0 Å². The van der Waals surface area contributed by atoms with Crippen molar-refractivity contribution in [3.8, 4) is 0 Å². The minimum Gasteiger partial charge on any atom is -0.337 e. The Morgan fingerprint density at radius 2 is 2.06 bits per heavy atom. The van der Waals surface area contributed by atoms with Gasteiger partial charge in [-0.05, 0) is 55.7 Å². The number of carbonyl (C=O) groups is 1. The summed E-state index contributed by atoms with van der Waals surface area (Å²) < 4.78 is 65.9. The minimum absolute atomic E-state index is 0.283. The van der Waals surface area contributed by atoms with E-state index in [4.69, 9.17) is 0 Å². The quantitative estimate of drug-likeness (QED) is 0.637. The number of sulfonamides is 1. The van der Waals surface area contributed by atoms with E-state index in [0.717, 1.165) is 42.3 Å². The van der Waals surface area contributed by atoms with Gasteiger partial charge in [0.1, 0.15) is 10.1 Å². The summed E-state index contributed by atoms with van der Waals surface area (Å²) in [7, 11) is -2.44. The van der Waals surface area contributed by atoms with Crippen molar-refractivity contribution in [1.82, 2.24) is 24.8 Å². The van der Waals surface area contributed by atoms with E-state index in [1.165, 1.54) is 16.8 Å². The van der Waals surface area contributed by atoms with Gasteiger partial charge in [-0.15, -0.1) is 0 Å². The summed E-state index contributed by atoms with van der Waals surface area (Å²) in [4.78, 5) is 15.5. The highest BCUT2D eigenvalue weighted by atomic mass is 32.2. The summed E-state index contributed by atoms with van der Waals surface area (Å²) >= 11 is 1.04. The summed E-state index contributed by atoms with van der Waals surface area (Å²) in [5.74, 6) is 0.403. The molecule has 3 rings (SSSR count). The topological polar surface area (TPSA) is 106 Å². The number of aryl methyl sites for hydroxylation is 2. The van der Waals surface area contributed by atoms with Gasteiger partial charge in [-0.25, -0.2) is 22.9 Å². The molecule has 168 valence electrons. The zero-order valence-electron chi connectivity index (χ0n) is 16.6. The Morgan fingerprint density at radius 1 is 1.35 bits per heavy atom. The van der Waals surface area contributed by atoms with Crippen LogP contribution in [0.1, 0.15) is 29.7 Å². The van der Waals surface area contributed by atoms with Gasteiger partial charge in [0.2, 0.25) is 0 Å². The fraction of sp³-hybridized carbons (Fsp3) is 0.389. The second-order valence-corrected chi connectivity index (χ2v) is 9.59. The Morgan fingerprint density at radius 3 is 2.65 bits per heavy atom. The molecule has 2 aromatic rings. The fourth-order valence-electron chi connectivity index (χ4n) is 2.59. The predicted octanol–water partition coefficient (Wildman–Crippen LogP) is 3.30. The van der Waals surface area contributed by atoms with Crippen molar-refractivity contribution >= 4 is 33.9 Å². The number of pyridine rings is 1. The number of rotatable bonds is 7. The standard InChI is InChI=1S/C18H20F3N5O3S2/c1-11-14(7-8-31(28,29)25-17(27)23-9-12-3-4-12)16(26(2)24-11)30-15-6-5-13(10-22-15)18(19,20)21/h5-8,10,12H,3-4,9H2,1-2H3,(H2,23,25,27)/b8-7+. The Balaban J connectivity index is 1.73. The molecule has 1 saturated carbocycles. The van der Waals surface area contributed by atoms with E-state index in [9.17, 15) is 26.4 Å². The number of hydrogen-bond acceptors (Lipinski definition) is 6. The summed E-state index contributed by atoms with van der Waals surface area (Å²) in [6.45, 7) is 2.08. The zero-order valence-corrected chi connectivity index (χ0v) is 18.2. The van der Waals surface area contributed by atoms with E-state index in [1.807, 2.05) is 4.72 Å². The number of alkyl halides is 3. The number of urea groups is 1. The van der Waals surface area contributed by atoms with Gasteiger partial charge in [0.25, 0.3) is 10.0 Å². The van der Waals surface area contributed by atoms with Gasteiger partial charge in [0.15, 0.2) is 0 Å². The van der Waals surface area contributed by atoms with Crippen molar-refractivity contribution in [3.05, 3.63) is 40.6 Å². The van der Waals surface area contributed by atoms with Gasteiger partial charge in [-0.3, -0.25) is 4.68 Å². The summed E-state index contributed by atoms with van der Waals surface area (Å²) in [6, 6.07) is 1.34. The zero-order chi connectivity index (χ0) is 22.8. The van der Waals surface area contributed by atoms with Crippen LogP contribution in [-0.4, -0.2) is 35.8 Å². The maximum atomic E-state index is 12.7. The highest BCUT2D eigenvalue weighted by Gasteiger charge is 2.30. The molecule has 0 atom stereocenters. The van der Waals surface area contributed by atoms with E-state index in [2.05, 4.69) is 15.4 Å². The number of nitrogens with one attached hydrogen (secondary N) is 2. The molecule has 2 N–H and O–H groups in total. The second kappa shape index (κ2) is 8.91. The fourth-order valence-corrected chi connectivity index (χ4v) is 4.24. The average Bonchev–Trinajstić information content (AvgIpc) is 3.45. The van der Waals surface area contributed by atoms with Crippen molar-refractivity contribution in [3.63, 3.8) is 0 Å². The molecule has 0 aromatic carbocycles. The molecular formula is C18H20F3N5O3S2. The number of aromatic nitrogens is 3. The molecule has 8 nitrogen and oxygen atoms in total. The Kier molecular flexibility index (Phi) is 6.65. The van der Waals surface area contributed by atoms with Crippen molar-refractivity contribution in [2.45, 2.75) is 36.0 Å². The van der Waals surface area contributed by atoms with Crippen LogP contribution in [0.4, 0.5) is 18.0 Å². The first kappa shape index (κ1) is 23.1. The average molecular weight is 476 g/mol. The molecule has 0 bridgehead atoms. The van der Waals surface area contributed by atoms with Crippen LogP contribution in [0.3, 0.4) is 0 Å². The number of amides is 2. The number of nitrogens with zero attached hydrogens (tertiary/aromatic N) is 3. The number of carbonyl (C=O) groups excluding carboxylic acids is 1. The second-order valence-electron chi connectivity index (χ2n) is 7.02. The summed E-state index contributed by atoms with van der Waals surface area (Å²) in [5.41, 5.74) is 0.0785. The maximum Gasteiger partial charge on any atom is 0.417 e. The van der Waals surface area contributed by atoms with E-state index in [0.29, 0.717) is 28.7 Å². The Bertz CT molecular complexity index is 1090. The van der Waals surface area contributed by atoms with E-state index < -0.39 is 27.8 Å². The largest absolute Gasteiger partial charge is 0.417 e.